The van der Waals surface area contributed by atoms with E-state index in [0.717, 1.165) is 5.56 Å². The maximum absolute atomic E-state index is 12.1. The molecule has 0 aromatic heterocycles. The van der Waals surface area contributed by atoms with Crippen molar-refractivity contribution in [3.05, 3.63) is 42.0 Å². The summed E-state index contributed by atoms with van der Waals surface area (Å²) in [6.07, 6.45) is -9.68. The van der Waals surface area contributed by atoms with Crippen LogP contribution in [0, 0.1) is 11.8 Å². The highest BCUT2D eigenvalue weighted by atomic mass is 16.8. The number of carbonyl (C=O) groups is 1. The molecule has 12 atom stereocenters. The highest BCUT2D eigenvalue weighted by molar-refractivity contribution is 5.87. The third-order valence-corrected chi connectivity index (χ3v) is 7.40. The van der Waals surface area contributed by atoms with E-state index in [0.29, 0.717) is 0 Å². The second kappa shape index (κ2) is 10.1. The number of benzene rings is 1. The molecule has 1 aliphatic carbocycles. The average molecular weight is 510 g/mol. The first-order valence-corrected chi connectivity index (χ1v) is 11.8. The second-order valence-corrected chi connectivity index (χ2v) is 9.62. The minimum atomic E-state index is -1.86. The highest BCUT2D eigenvalue weighted by Gasteiger charge is 2.67. The molecule has 4 bridgehead atoms. The Morgan fingerprint density at radius 1 is 1.00 bits per heavy atom. The van der Waals surface area contributed by atoms with Crippen LogP contribution in [0.3, 0.4) is 0 Å². The first-order chi connectivity index (χ1) is 17.2. The van der Waals surface area contributed by atoms with E-state index >= 15 is 0 Å². The Labute approximate surface area is 206 Å². The lowest BCUT2D eigenvalue weighted by Gasteiger charge is -2.44. The van der Waals surface area contributed by atoms with Crippen LogP contribution in [0.25, 0.3) is 6.08 Å². The molecule has 1 aromatic carbocycles. The summed E-state index contributed by atoms with van der Waals surface area (Å²) in [7, 11) is 0. The molecule has 5 aliphatic rings. The van der Waals surface area contributed by atoms with Gasteiger partial charge in [0.05, 0.1) is 12.7 Å². The van der Waals surface area contributed by atoms with E-state index in [1.807, 2.05) is 18.2 Å². The van der Waals surface area contributed by atoms with Crippen molar-refractivity contribution in [2.75, 3.05) is 13.2 Å². The van der Waals surface area contributed by atoms with Gasteiger partial charge in [0.2, 0.25) is 0 Å². The number of esters is 1. The molecular weight excluding hydrogens is 480 g/mol. The third kappa shape index (κ3) is 4.58. The van der Waals surface area contributed by atoms with Gasteiger partial charge in [-0.2, -0.15) is 0 Å². The van der Waals surface area contributed by atoms with Gasteiger partial charge in [0.25, 0.3) is 0 Å². The first kappa shape index (κ1) is 25.7. The molecule has 0 amide bonds. The highest BCUT2D eigenvalue weighted by Crippen LogP contribution is 2.52. The zero-order valence-electron chi connectivity index (χ0n) is 19.1. The van der Waals surface area contributed by atoms with Gasteiger partial charge in [0.1, 0.15) is 42.7 Å². The van der Waals surface area contributed by atoms with Crippen molar-refractivity contribution in [3.8, 4) is 0 Å². The van der Waals surface area contributed by atoms with Gasteiger partial charge in [-0.05, 0) is 11.6 Å². The Kier molecular flexibility index (Phi) is 7.18. The number of aliphatic hydroxyl groups is 6. The van der Waals surface area contributed by atoms with Gasteiger partial charge in [-0.3, -0.25) is 0 Å². The predicted octanol–water partition coefficient (Wildman–Crippen LogP) is -2.13. The minimum Gasteiger partial charge on any atom is -0.460 e. The molecule has 36 heavy (non-hydrogen) atoms. The van der Waals surface area contributed by atoms with Gasteiger partial charge >= 0.3 is 5.97 Å². The predicted molar refractivity (Wildman–Crippen MR) is 117 cm³/mol. The maximum Gasteiger partial charge on any atom is 0.330 e. The van der Waals surface area contributed by atoms with Crippen LogP contribution >= 0.6 is 0 Å². The fraction of sp³-hybridized carbons (Fsp3) is 0.625. The van der Waals surface area contributed by atoms with Crippen molar-refractivity contribution in [3.63, 3.8) is 0 Å². The molecule has 6 N–H and O–H groups in total. The molecule has 6 rings (SSSR count). The van der Waals surface area contributed by atoms with Gasteiger partial charge in [-0.1, -0.05) is 30.3 Å². The molecule has 12 nitrogen and oxygen atoms in total. The topological polar surface area (TPSA) is 185 Å². The number of fused-ring (bicyclic) bond motifs is 2. The zero-order valence-corrected chi connectivity index (χ0v) is 19.1. The lowest BCUT2D eigenvalue weighted by Crippen LogP contribution is -2.61. The largest absolute Gasteiger partial charge is 0.460 e. The van der Waals surface area contributed by atoms with Crippen LogP contribution in [0.4, 0.5) is 0 Å². The number of rotatable bonds is 6. The van der Waals surface area contributed by atoms with Crippen molar-refractivity contribution in [1.82, 2.24) is 0 Å². The van der Waals surface area contributed by atoms with E-state index in [-0.39, 0.29) is 13.0 Å². The second-order valence-electron chi connectivity index (χ2n) is 9.62. The van der Waals surface area contributed by atoms with Crippen LogP contribution in [0.2, 0.25) is 0 Å². The first-order valence-electron chi connectivity index (χ1n) is 11.8. The molecule has 5 fully saturated rings. The Morgan fingerprint density at radius 2 is 1.75 bits per heavy atom. The van der Waals surface area contributed by atoms with Gasteiger partial charge in [0.15, 0.2) is 18.9 Å². The van der Waals surface area contributed by atoms with Crippen molar-refractivity contribution in [2.24, 2.45) is 11.8 Å². The number of aliphatic hydroxyl groups excluding tert-OH is 5. The summed E-state index contributed by atoms with van der Waals surface area (Å²) in [6.45, 7) is -0.741. The van der Waals surface area contributed by atoms with Crippen LogP contribution in [-0.4, -0.2) is 111 Å². The number of carbonyl (C=O) groups excluding carboxylic acids is 1. The lowest BCUT2D eigenvalue weighted by molar-refractivity contribution is -0.371. The molecule has 0 unspecified atom stereocenters. The maximum atomic E-state index is 12.1. The molecule has 1 saturated carbocycles. The zero-order chi connectivity index (χ0) is 25.6. The van der Waals surface area contributed by atoms with Crippen molar-refractivity contribution in [2.45, 2.75) is 67.5 Å². The summed E-state index contributed by atoms with van der Waals surface area (Å²) < 4.78 is 27.7. The van der Waals surface area contributed by atoms with E-state index in [1.165, 1.54) is 6.08 Å². The van der Waals surface area contributed by atoms with E-state index in [2.05, 4.69) is 0 Å². The van der Waals surface area contributed by atoms with Gasteiger partial charge in [0, 0.05) is 24.3 Å². The Hall–Kier alpha value is -1.97. The van der Waals surface area contributed by atoms with Crippen molar-refractivity contribution >= 4 is 12.0 Å². The summed E-state index contributed by atoms with van der Waals surface area (Å²) in [6, 6.07) is 9.05. The fourth-order valence-electron chi connectivity index (χ4n) is 5.42. The van der Waals surface area contributed by atoms with E-state index in [9.17, 15) is 35.4 Å². The summed E-state index contributed by atoms with van der Waals surface area (Å²) >= 11 is 0. The van der Waals surface area contributed by atoms with E-state index in [1.54, 1.807) is 18.2 Å². The van der Waals surface area contributed by atoms with Crippen LogP contribution in [-0.2, 0) is 28.5 Å². The molecule has 198 valence electrons. The molecular formula is C24H30O12. The average Bonchev–Trinajstić information content (AvgIpc) is 3.00. The lowest BCUT2D eigenvalue weighted by atomic mass is 9.82. The SMILES string of the molecule is O=C(/C=C/c1ccccc1)OC[C@H]1O[C@@H](O[C@H]2O[C@H]3C[C@H]4[C@@H](O)[C@H](O)[C@](O)(CO3)[C@@H]24)[C@H](O)[C@@H](O)[C@@H]1O. The third-order valence-electron chi connectivity index (χ3n) is 7.40. The molecule has 4 saturated heterocycles. The van der Waals surface area contributed by atoms with Gasteiger partial charge < -0.3 is 54.3 Å². The molecule has 0 radical (unpaired) electrons. The van der Waals surface area contributed by atoms with Crippen molar-refractivity contribution in [1.29, 1.82) is 0 Å². The van der Waals surface area contributed by atoms with Gasteiger partial charge in [-0.15, -0.1) is 0 Å². The Bertz CT molecular complexity index is 958. The summed E-state index contributed by atoms with van der Waals surface area (Å²) in [5, 5.41) is 63.1. The van der Waals surface area contributed by atoms with Crippen molar-refractivity contribution < 1.29 is 59.1 Å². The van der Waals surface area contributed by atoms with E-state index in [4.69, 9.17) is 23.7 Å². The monoisotopic (exact) mass is 510 g/mol. The molecule has 1 aromatic rings. The number of hydrogen-bond acceptors (Lipinski definition) is 12. The van der Waals surface area contributed by atoms with Gasteiger partial charge in [-0.25, -0.2) is 4.79 Å². The van der Waals surface area contributed by atoms with Crippen LogP contribution in [0.15, 0.2) is 36.4 Å². The fourth-order valence-corrected chi connectivity index (χ4v) is 5.42. The Morgan fingerprint density at radius 3 is 2.50 bits per heavy atom. The van der Waals surface area contributed by atoms with E-state index < -0.39 is 85.5 Å². The van der Waals surface area contributed by atoms with Crippen LogP contribution < -0.4 is 0 Å². The molecule has 4 aliphatic heterocycles. The van der Waals surface area contributed by atoms with Crippen LogP contribution in [0.5, 0.6) is 0 Å². The number of hydrogen-bond donors (Lipinski definition) is 6. The molecule has 4 heterocycles. The summed E-state index contributed by atoms with van der Waals surface area (Å²) in [4.78, 5) is 12.1. The summed E-state index contributed by atoms with van der Waals surface area (Å²) in [5.41, 5.74) is -1.08. The standard InChI is InChI=1S/C24H30O12/c25-14(7-6-11-4-2-1-3-5-11)32-9-13-18(27)19(28)20(29)23(34-13)36-22-16-12-8-15(35-22)33-10-24(16,31)21(30)17(12)26/h1-7,12-13,15-23,26-31H,8-10H2/b7-6+/t12-,13-,15+,16-,17-,18-,19+,20-,21+,22-,23+,24+/m1/s1. The quantitative estimate of drug-likeness (QED) is 0.181. The smallest absolute Gasteiger partial charge is 0.330 e. The molecule has 0 spiro atoms. The van der Waals surface area contributed by atoms with Crippen LogP contribution in [0.1, 0.15) is 12.0 Å². The number of ether oxygens (including phenoxy) is 5. The summed E-state index contributed by atoms with van der Waals surface area (Å²) in [5.74, 6) is -2.24. The molecule has 12 heteroatoms. The Balaban J connectivity index is 1.24. The normalized spacial score (nSPS) is 46.1. The minimum absolute atomic E-state index is 0.218.